The van der Waals surface area contributed by atoms with Crippen LogP contribution in [0, 0.1) is 0 Å². The SMILES string of the molecule is C=C(C)CC(/C=C\C)=C\C1=CC=CCC1NC. The third-order valence-electron chi connectivity index (χ3n) is 2.79. The standard InChI is InChI=1S/C16H23N/c1-5-8-14(11-13(2)3)12-15-9-6-7-10-16(15)17-4/h5-9,12,16-17H,2,10-11H2,1,3-4H3/b8-5-,14-12-. The van der Waals surface area contributed by atoms with Crippen LogP contribution in [0.25, 0.3) is 0 Å². The van der Waals surface area contributed by atoms with Crippen LogP contribution in [-0.2, 0) is 0 Å². The lowest BCUT2D eigenvalue weighted by molar-refractivity contribution is 0.649. The molecule has 0 aromatic rings. The van der Waals surface area contributed by atoms with Crippen LogP contribution in [0.1, 0.15) is 26.7 Å². The van der Waals surface area contributed by atoms with Crippen molar-refractivity contribution in [3.8, 4) is 0 Å². The molecule has 0 aliphatic heterocycles. The van der Waals surface area contributed by atoms with Gasteiger partial charge in [-0.25, -0.2) is 0 Å². The van der Waals surface area contributed by atoms with E-state index >= 15 is 0 Å². The Kier molecular flexibility index (Phi) is 5.71. The van der Waals surface area contributed by atoms with Crippen molar-refractivity contribution in [1.29, 1.82) is 0 Å². The minimum Gasteiger partial charge on any atom is -0.313 e. The first-order valence-corrected chi connectivity index (χ1v) is 6.19. The summed E-state index contributed by atoms with van der Waals surface area (Å²) < 4.78 is 0. The van der Waals surface area contributed by atoms with Gasteiger partial charge in [0.1, 0.15) is 0 Å². The van der Waals surface area contributed by atoms with Crippen molar-refractivity contribution < 1.29 is 0 Å². The third kappa shape index (κ3) is 4.58. The molecule has 92 valence electrons. The van der Waals surface area contributed by atoms with Crippen molar-refractivity contribution in [2.24, 2.45) is 0 Å². The maximum absolute atomic E-state index is 3.99. The molecule has 1 rings (SSSR count). The zero-order valence-electron chi connectivity index (χ0n) is 11.2. The maximum Gasteiger partial charge on any atom is 0.0352 e. The zero-order valence-corrected chi connectivity index (χ0v) is 11.2. The second-order valence-corrected chi connectivity index (χ2v) is 4.52. The predicted molar refractivity (Wildman–Crippen MR) is 77.0 cm³/mol. The fourth-order valence-corrected chi connectivity index (χ4v) is 2.01. The van der Waals surface area contributed by atoms with Crippen molar-refractivity contribution in [3.05, 3.63) is 59.8 Å². The van der Waals surface area contributed by atoms with Gasteiger partial charge in [-0.05, 0) is 44.9 Å². The van der Waals surface area contributed by atoms with Crippen LogP contribution in [0.15, 0.2) is 59.8 Å². The molecule has 0 heterocycles. The zero-order chi connectivity index (χ0) is 12.7. The Morgan fingerprint density at radius 2 is 2.35 bits per heavy atom. The maximum atomic E-state index is 3.99. The van der Waals surface area contributed by atoms with E-state index in [9.17, 15) is 0 Å². The second-order valence-electron chi connectivity index (χ2n) is 4.52. The molecule has 1 heteroatoms. The number of allylic oxidation sites excluding steroid dienone is 6. The summed E-state index contributed by atoms with van der Waals surface area (Å²) in [4.78, 5) is 0. The van der Waals surface area contributed by atoms with E-state index in [0.29, 0.717) is 6.04 Å². The topological polar surface area (TPSA) is 12.0 Å². The molecule has 0 fully saturated rings. The van der Waals surface area contributed by atoms with Gasteiger partial charge in [0.2, 0.25) is 0 Å². The van der Waals surface area contributed by atoms with Crippen LogP contribution >= 0.6 is 0 Å². The van der Waals surface area contributed by atoms with Gasteiger partial charge in [-0.3, -0.25) is 0 Å². The first kappa shape index (κ1) is 13.7. The van der Waals surface area contributed by atoms with Gasteiger partial charge >= 0.3 is 0 Å². The fourth-order valence-electron chi connectivity index (χ4n) is 2.01. The van der Waals surface area contributed by atoms with Gasteiger partial charge in [-0.15, -0.1) is 0 Å². The highest BCUT2D eigenvalue weighted by atomic mass is 14.9. The molecule has 0 saturated heterocycles. The van der Waals surface area contributed by atoms with Crippen LogP contribution < -0.4 is 5.32 Å². The summed E-state index contributed by atoms with van der Waals surface area (Å²) in [6.07, 6.45) is 15.1. The number of likely N-dealkylation sites (N-methyl/N-ethyl adjacent to an activating group) is 1. The Labute approximate surface area is 105 Å². The minimum absolute atomic E-state index is 0.436. The minimum atomic E-state index is 0.436. The van der Waals surface area contributed by atoms with E-state index in [0.717, 1.165) is 12.8 Å². The van der Waals surface area contributed by atoms with Crippen molar-refractivity contribution in [2.75, 3.05) is 7.05 Å². The van der Waals surface area contributed by atoms with Gasteiger partial charge in [0.25, 0.3) is 0 Å². The van der Waals surface area contributed by atoms with Gasteiger partial charge < -0.3 is 5.32 Å². The largest absolute Gasteiger partial charge is 0.313 e. The molecule has 0 spiro atoms. The number of rotatable bonds is 5. The van der Waals surface area contributed by atoms with Gasteiger partial charge in [0, 0.05) is 6.04 Å². The van der Waals surface area contributed by atoms with Crippen LogP contribution in [0.2, 0.25) is 0 Å². The molecule has 0 aromatic heterocycles. The van der Waals surface area contributed by atoms with Crippen LogP contribution in [0.4, 0.5) is 0 Å². The summed E-state index contributed by atoms with van der Waals surface area (Å²) >= 11 is 0. The van der Waals surface area contributed by atoms with Crippen LogP contribution in [0.5, 0.6) is 0 Å². The van der Waals surface area contributed by atoms with Crippen molar-refractivity contribution in [3.63, 3.8) is 0 Å². The molecule has 0 saturated carbocycles. The Morgan fingerprint density at radius 3 is 2.94 bits per heavy atom. The van der Waals surface area contributed by atoms with Gasteiger partial charge in [0.15, 0.2) is 0 Å². The third-order valence-corrected chi connectivity index (χ3v) is 2.79. The Morgan fingerprint density at radius 1 is 1.59 bits per heavy atom. The van der Waals surface area contributed by atoms with E-state index in [-0.39, 0.29) is 0 Å². The highest BCUT2D eigenvalue weighted by Gasteiger charge is 2.11. The molecule has 0 aromatic carbocycles. The van der Waals surface area contributed by atoms with Crippen molar-refractivity contribution >= 4 is 0 Å². The summed E-state index contributed by atoms with van der Waals surface area (Å²) in [6, 6.07) is 0.436. The van der Waals surface area contributed by atoms with E-state index in [1.807, 2.05) is 7.05 Å². The summed E-state index contributed by atoms with van der Waals surface area (Å²) in [7, 11) is 2.01. The summed E-state index contributed by atoms with van der Waals surface area (Å²) in [5, 5.41) is 3.34. The van der Waals surface area contributed by atoms with E-state index in [2.05, 4.69) is 62.2 Å². The molecule has 1 aliphatic carbocycles. The van der Waals surface area contributed by atoms with E-state index in [4.69, 9.17) is 0 Å². The van der Waals surface area contributed by atoms with Crippen LogP contribution in [-0.4, -0.2) is 13.1 Å². The second kappa shape index (κ2) is 7.08. The monoisotopic (exact) mass is 229 g/mol. The molecule has 1 aliphatic rings. The Hall–Kier alpha value is -1.34. The lowest BCUT2D eigenvalue weighted by Crippen LogP contribution is -2.27. The molecule has 1 atom stereocenters. The highest BCUT2D eigenvalue weighted by Crippen LogP contribution is 2.19. The number of hydrogen-bond acceptors (Lipinski definition) is 1. The van der Waals surface area contributed by atoms with E-state index in [1.165, 1.54) is 16.7 Å². The normalized spacial score (nSPS) is 20.8. The average Bonchev–Trinajstić information content (AvgIpc) is 2.29. The number of nitrogens with one attached hydrogen (secondary N) is 1. The highest BCUT2D eigenvalue weighted by molar-refractivity contribution is 5.39. The molecule has 1 unspecified atom stereocenters. The average molecular weight is 229 g/mol. The molecule has 17 heavy (non-hydrogen) atoms. The quantitative estimate of drug-likeness (QED) is 0.556. The molecule has 0 radical (unpaired) electrons. The predicted octanol–water partition coefficient (Wildman–Crippen LogP) is 3.93. The van der Waals surface area contributed by atoms with Crippen molar-refractivity contribution in [2.45, 2.75) is 32.7 Å². The lowest BCUT2D eigenvalue weighted by atomic mass is 9.95. The Bertz CT molecular complexity index is 380. The molecular weight excluding hydrogens is 206 g/mol. The van der Waals surface area contributed by atoms with Gasteiger partial charge in [0.05, 0.1) is 0 Å². The molecule has 0 bridgehead atoms. The molecule has 1 N–H and O–H groups in total. The lowest BCUT2D eigenvalue weighted by Gasteiger charge is -2.19. The van der Waals surface area contributed by atoms with E-state index < -0.39 is 0 Å². The summed E-state index contributed by atoms with van der Waals surface area (Å²) in [6.45, 7) is 8.11. The van der Waals surface area contributed by atoms with Crippen LogP contribution in [0.3, 0.4) is 0 Å². The van der Waals surface area contributed by atoms with Gasteiger partial charge in [-0.2, -0.15) is 0 Å². The molecule has 0 amide bonds. The van der Waals surface area contributed by atoms with E-state index in [1.54, 1.807) is 0 Å². The fraction of sp³-hybridized carbons (Fsp3) is 0.375. The summed E-state index contributed by atoms with van der Waals surface area (Å²) in [5.41, 5.74) is 3.87. The number of hydrogen-bond donors (Lipinski definition) is 1. The smallest absolute Gasteiger partial charge is 0.0352 e. The summed E-state index contributed by atoms with van der Waals surface area (Å²) in [5.74, 6) is 0. The van der Waals surface area contributed by atoms with Crippen molar-refractivity contribution in [1.82, 2.24) is 5.32 Å². The molecular formula is C16H23N. The molecule has 1 nitrogen and oxygen atoms in total. The first-order valence-electron chi connectivity index (χ1n) is 6.19. The first-order chi connectivity index (χ1) is 8.17. The van der Waals surface area contributed by atoms with Gasteiger partial charge in [-0.1, -0.05) is 48.6 Å². The Balaban J connectivity index is 2.91.